The maximum Gasteiger partial charge on any atom is 0.229 e. The summed E-state index contributed by atoms with van der Waals surface area (Å²) in [6, 6.07) is 12.0. The molecule has 0 aliphatic rings. The molecular weight excluding hydrogens is 300 g/mol. The number of rotatable bonds is 6. The van der Waals surface area contributed by atoms with E-state index in [1.54, 1.807) is 7.11 Å². The van der Waals surface area contributed by atoms with Crippen molar-refractivity contribution in [2.45, 2.75) is 26.7 Å². The van der Waals surface area contributed by atoms with Gasteiger partial charge in [-0.25, -0.2) is 4.98 Å². The molecule has 0 bridgehead atoms. The van der Waals surface area contributed by atoms with E-state index < -0.39 is 0 Å². The standard InChI is InChI=1S/C19H22N4O/c1-4-7-15-13-18(23-10-5-6-11-23)22-19(20-15)21-16-9-8-14(2)17(12-16)24-3/h5-6,8-13H,4,7H2,1-3H3,(H,20,21,22). The van der Waals surface area contributed by atoms with Crippen LogP contribution in [0.4, 0.5) is 11.6 Å². The lowest BCUT2D eigenvalue weighted by atomic mass is 10.2. The van der Waals surface area contributed by atoms with E-state index >= 15 is 0 Å². The van der Waals surface area contributed by atoms with Gasteiger partial charge in [0.25, 0.3) is 0 Å². The van der Waals surface area contributed by atoms with E-state index in [0.29, 0.717) is 5.95 Å². The molecule has 1 N–H and O–H groups in total. The Morgan fingerprint density at radius 2 is 1.92 bits per heavy atom. The molecule has 0 fully saturated rings. The van der Waals surface area contributed by atoms with Gasteiger partial charge in [0, 0.05) is 35.9 Å². The highest BCUT2D eigenvalue weighted by molar-refractivity contribution is 5.58. The fourth-order valence-electron chi connectivity index (χ4n) is 2.57. The summed E-state index contributed by atoms with van der Waals surface area (Å²) in [6.07, 6.45) is 5.93. The molecule has 0 unspecified atom stereocenters. The van der Waals surface area contributed by atoms with Crippen molar-refractivity contribution in [2.75, 3.05) is 12.4 Å². The van der Waals surface area contributed by atoms with Gasteiger partial charge in [-0.1, -0.05) is 19.4 Å². The number of ether oxygens (including phenoxy) is 1. The predicted molar refractivity (Wildman–Crippen MR) is 96.4 cm³/mol. The average molecular weight is 322 g/mol. The lowest BCUT2D eigenvalue weighted by Crippen LogP contribution is -2.05. The van der Waals surface area contributed by atoms with E-state index in [9.17, 15) is 0 Å². The van der Waals surface area contributed by atoms with Gasteiger partial charge in [0.05, 0.1) is 7.11 Å². The SMILES string of the molecule is CCCc1cc(-n2cccc2)nc(Nc2ccc(C)c(OC)c2)n1. The molecule has 24 heavy (non-hydrogen) atoms. The molecule has 0 saturated carbocycles. The quantitative estimate of drug-likeness (QED) is 0.736. The highest BCUT2D eigenvalue weighted by Gasteiger charge is 2.07. The van der Waals surface area contributed by atoms with Crippen LogP contribution in [-0.2, 0) is 6.42 Å². The largest absolute Gasteiger partial charge is 0.496 e. The van der Waals surface area contributed by atoms with Gasteiger partial charge < -0.3 is 14.6 Å². The predicted octanol–water partition coefficient (Wildman–Crippen LogP) is 4.28. The third-order valence-electron chi connectivity index (χ3n) is 3.81. The fraction of sp³-hybridized carbons (Fsp3) is 0.263. The number of methoxy groups -OCH3 is 1. The third kappa shape index (κ3) is 3.56. The van der Waals surface area contributed by atoms with Crippen LogP contribution in [0, 0.1) is 6.92 Å². The second-order valence-electron chi connectivity index (χ2n) is 5.69. The molecule has 1 aromatic carbocycles. The number of hydrogen-bond donors (Lipinski definition) is 1. The van der Waals surface area contributed by atoms with E-state index in [0.717, 1.165) is 41.4 Å². The first-order valence-electron chi connectivity index (χ1n) is 8.12. The first kappa shape index (κ1) is 16.1. The minimum Gasteiger partial charge on any atom is -0.496 e. The Morgan fingerprint density at radius 1 is 1.12 bits per heavy atom. The monoisotopic (exact) mass is 322 g/mol. The van der Waals surface area contributed by atoms with Gasteiger partial charge in [0.15, 0.2) is 0 Å². The molecule has 5 heteroatoms. The van der Waals surface area contributed by atoms with Crippen LogP contribution in [0.3, 0.4) is 0 Å². The summed E-state index contributed by atoms with van der Waals surface area (Å²) >= 11 is 0. The number of benzene rings is 1. The summed E-state index contributed by atoms with van der Waals surface area (Å²) in [7, 11) is 1.68. The van der Waals surface area contributed by atoms with Crippen molar-refractivity contribution in [2.24, 2.45) is 0 Å². The highest BCUT2D eigenvalue weighted by Crippen LogP contribution is 2.24. The Bertz CT molecular complexity index is 812. The van der Waals surface area contributed by atoms with Crippen molar-refractivity contribution >= 4 is 11.6 Å². The summed E-state index contributed by atoms with van der Waals surface area (Å²) in [5.74, 6) is 2.30. The number of aryl methyl sites for hydroxylation is 2. The van der Waals surface area contributed by atoms with Crippen molar-refractivity contribution in [3.05, 3.63) is 60.0 Å². The molecule has 0 spiro atoms. The van der Waals surface area contributed by atoms with Gasteiger partial charge in [-0.2, -0.15) is 4.98 Å². The molecule has 2 aromatic heterocycles. The van der Waals surface area contributed by atoms with Gasteiger partial charge in [-0.15, -0.1) is 0 Å². The molecule has 0 saturated heterocycles. The summed E-state index contributed by atoms with van der Waals surface area (Å²) in [4.78, 5) is 9.26. The highest BCUT2D eigenvalue weighted by atomic mass is 16.5. The number of nitrogens with one attached hydrogen (secondary N) is 1. The molecule has 124 valence electrons. The van der Waals surface area contributed by atoms with Gasteiger partial charge in [0.2, 0.25) is 5.95 Å². The van der Waals surface area contributed by atoms with E-state index in [2.05, 4.69) is 22.2 Å². The molecule has 0 aliphatic carbocycles. The van der Waals surface area contributed by atoms with Crippen LogP contribution >= 0.6 is 0 Å². The lowest BCUT2D eigenvalue weighted by Gasteiger charge is -2.12. The Balaban J connectivity index is 1.94. The average Bonchev–Trinajstić information content (AvgIpc) is 3.11. The summed E-state index contributed by atoms with van der Waals surface area (Å²) in [5.41, 5.74) is 3.03. The zero-order valence-corrected chi connectivity index (χ0v) is 14.3. The number of aromatic nitrogens is 3. The van der Waals surface area contributed by atoms with Crippen molar-refractivity contribution < 1.29 is 4.74 Å². The number of anilines is 2. The Kier molecular flexibility index (Phi) is 4.79. The topological polar surface area (TPSA) is 52.0 Å². The van der Waals surface area contributed by atoms with E-state index in [1.807, 2.05) is 60.3 Å². The molecule has 3 rings (SSSR count). The molecule has 0 aliphatic heterocycles. The number of nitrogens with zero attached hydrogens (tertiary/aromatic N) is 3. The van der Waals surface area contributed by atoms with E-state index in [1.165, 1.54) is 0 Å². The van der Waals surface area contributed by atoms with Crippen LogP contribution in [0.2, 0.25) is 0 Å². The van der Waals surface area contributed by atoms with Gasteiger partial charge in [-0.05, 0) is 37.1 Å². The lowest BCUT2D eigenvalue weighted by molar-refractivity contribution is 0.412. The Morgan fingerprint density at radius 3 is 2.62 bits per heavy atom. The van der Waals surface area contributed by atoms with Gasteiger partial charge >= 0.3 is 0 Å². The smallest absolute Gasteiger partial charge is 0.229 e. The third-order valence-corrected chi connectivity index (χ3v) is 3.81. The molecule has 0 atom stereocenters. The van der Waals surface area contributed by atoms with E-state index in [-0.39, 0.29) is 0 Å². The van der Waals surface area contributed by atoms with Crippen LogP contribution in [0.5, 0.6) is 5.75 Å². The van der Waals surface area contributed by atoms with Crippen molar-refractivity contribution in [1.29, 1.82) is 0 Å². The van der Waals surface area contributed by atoms with Crippen LogP contribution in [0.25, 0.3) is 5.82 Å². The van der Waals surface area contributed by atoms with Gasteiger partial charge in [-0.3, -0.25) is 0 Å². The molecule has 5 nitrogen and oxygen atoms in total. The second-order valence-corrected chi connectivity index (χ2v) is 5.69. The van der Waals surface area contributed by atoms with Crippen LogP contribution in [0.1, 0.15) is 24.6 Å². The minimum absolute atomic E-state index is 0.593. The van der Waals surface area contributed by atoms with Gasteiger partial charge in [0.1, 0.15) is 11.6 Å². The first-order chi connectivity index (χ1) is 11.7. The Labute approximate surface area is 142 Å². The summed E-state index contributed by atoms with van der Waals surface area (Å²) in [6.45, 7) is 4.17. The van der Waals surface area contributed by atoms with Crippen molar-refractivity contribution in [3.8, 4) is 11.6 Å². The second kappa shape index (κ2) is 7.17. The normalized spacial score (nSPS) is 10.6. The fourth-order valence-corrected chi connectivity index (χ4v) is 2.57. The van der Waals surface area contributed by atoms with Crippen LogP contribution < -0.4 is 10.1 Å². The molecule has 0 radical (unpaired) electrons. The summed E-state index contributed by atoms with van der Waals surface area (Å²) < 4.78 is 7.37. The first-order valence-corrected chi connectivity index (χ1v) is 8.12. The van der Waals surface area contributed by atoms with E-state index in [4.69, 9.17) is 4.74 Å². The van der Waals surface area contributed by atoms with Crippen LogP contribution in [0.15, 0.2) is 48.8 Å². The summed E-state index contributed by atoms with van der Waals surface area (Å²) in [5, 5.41) is 3.29. The Hall–Kier alpha value is -2.82. The maximum absolute atomic E-state index is 5.38. The minimum atomic E-state index is 0.593. The molecule has 3 aromatic rings. The molecule has 0 amide bonds. The molecular formula is C19H22N4O. The maximum atomic E-state index is 5.38. The van der Waals surface area contributed by atoms with Crippen LogP contribution in [-0.4, -0.2) is 21.6 Å². The number of hydrogen-bond acceptors (Lipinski definition) is 4. The molecule has 2 heterocycles. The van der Waals surface area contributed by atoms with Crippen molar-refractivity contribution in [1.82, 2.24) is 14.5 Å². The zero-order chi connectivity index (χ0) is 16.9. The zero-order valence-electron chi connectivity index (χ0n) is 14.3. The van der Waals surface area contributed by atoms with Crippen molar-refractivity contribution in [3.63, 3.8) is 0 Å².